The van der Waals surface area contributed by atoms with E-state index in [0.717, 1.165) is 12.5 Å². The van der Waals surface area contributed by atoms with Gasteiger partial charge in [-0.05, 0) is 50.2 Å². The number of nitrogens with one attached hydrogen (secondary N) is 1. The molecule has 2 aromatic heterocycles. The van der Waals surface area contributed by atoms with Crippen molar-refractivity contribution in [2.75, 3.05) is 19.8 Å². The molecule has 2 saturated heterocycles. The molecule has 2 aliphatic heterocycles. The van der Waals surface area contributed by atoms with E-state index in [1.54, 1.807) is 34.5 Å². The van der Waals surface area contributed by atoms with Crippen molar-refractivity contribution in [3.63, 3.8) is 0 Å². The molecule has 11 heteroatoms. The molecule has 5 rings (SSSR count). The molecular weight excluding hydrogens is 541 g/mol. The monoisotopic (exact) mass is 574 g/mol. The summed E-state index contributed by atoms with van der Waals surface area (Å²) in [6.07, 6.45) is -1.06. The Labute approximate surface area is 235 Å². The third-order valence-corrected chi connectivity index (χ3v) is 8.93. The summed E-state index contributed by atoms with van der Waals surface area (Å²) in [5.74, 6) is -0.490. The fourth-order valence-corrected chi connectivity index (χ4v) is 6.44. The number of amides is 2. The molecule has 40 heavy (non-hydrogen) atoms. The predicted molar refractivity (Wildman–Crippen MR) is 146 cm³/mol. The fourth-order valence-electron chi connectivity index (χ4n) is 5.47. The largest absolute Gasteiger partial charge is 0.433 e. The van der Waals surface area contributed by atoms with Crippen LogP contribution in [0, 0.1) is 11.8 Å². The molecule has 3 aromatic rings. The molecule has 7 nitrogen and oxygen atoms in total. The average molecular weight is 575 g/mol. The number of likely N-dealkylation sites (tertiary alicyclic amines) is 1. The van der Waals surface area contributed by atoms with Crippen molar-refractivity contribution in [2.45, 2.75) is 64.2 Å². The number of carbonyl (C=O) groups excluding carboxylic acids is 2. The number of aromatic nitrogens is 2. The summed E-state index contributed by atoms with van der Waals surface area (Å²) in [7, 11) is 0. The van der Waals surface area contributed by atoms with E-state index >= 15 is 0 Å². The number of hydrogen-bond donors (Lipinski definition) is 1. The lowest BCUT2D eigenvalue weighted by Crippen LogP contribution is -2.54. The van der Waals surface area contributed by atoms with Crippen LogP contribution in [-0.2, 0) is 20.5 Å². The van der Waals surface area contributed by atoms with Gasteiger partial charge in [0.1, 0.15) is 16.7 Å². The fraction of sp³-hybridized carbons (Fsp3) is 0.517. The second-order valence-electron chi connectivity index (χ2n) is 10.6. The molecule has 4 heterocycles. The van der Waals surface area contributed by atoms with Crippen molar-refractivity contribution in [3.8, 4) is 11.3 Å². The van der Waals surface area contributed by atoms with Gasteiger partial charge in [-0.25, -0.2) is 9.97 Å². The van der Waals surface area contributed by atoms with Gasteiger partial charge in [-0.3, -0.25) is 9.59 Å². The zero-order valence-electron chi connectivity index (χ0n) is 22.5. The number of para-hydroxylation sites is 1. The normalized spacial score (nSPS) is 20.0. The van der Waals surface area contributed by atoms with Crippen LogP contribution in [0.4, 0.5) is 13.2 Å². The Morgan fingerprint density at radius 2 is 1.93 bits per heavy atom. The predicted octanol–water partition coefficient (Wildman–Crippen LogP) is 6.00. The van der Waals surface area contributed by atoms with E-state index in [0.29, 0.717) is 67.1 Å². The van der Waals surface area contributed by atoms with Crippen LogP contribution in [-0.4, -0.2) is 52.5 Å². The minimum Gasteiger partial charge on any atom is -0.381 e. The van der Waals surface area contributed by atoms with Crippen molar-refractivity contribution >= 4 is 34.1 Å². The highest BCUT2D eigenvalue weighted by molar-refractivity contribution is 7.10. The van der Waals surface area contributed by atoms with E-state index in [1.165, 1.54) is 11.3 Å². The number of benzene rings is 1. The van der Waals surface area contributed by atoms with Gasteiger partial charge >= 0.3 is 6.18 Å². The van der Waals surface area contributed by atoms with Crippen molar-refractivity contribution in [2.24, 2.45) is 11.8 Å². The molecule has 0 spiro atoms. The number of alkyl halides is 3. The Morgan fingerprint density at radius 3 is 2.65 bits per heavy atom. The van der Waals surface area contributed by atoms with Crippen LogP contribution in [0.1, 0.15) is 62.7 Å². The Bertz CT molecular complexity index is 1370. The standard InChI is InChI=1S/C29H33F3N4O3S/c1-3-17(2)26(37)35-25(18-10-13-39-14-11-18)28(38)36-12-6-9-23(36)27-34-22(16-40-27)20-15-24(29(30,31)32)33-21-8-5-4-7-19(20)21/h4-5,7-8,15-18,23,25H,3,6,9-14H2,1-2H3,(H,35,37)/t17-,23+,25+/m1/s1. The van der Waals surface area contributed by atoms with Crippen molar-refractivity contribution < 1.29 is 27.5 Å². The number of pyridine rings is 1. The van der Waals surface area contributed by atoms with E-state index in [-0.39, 0.29) is 35.2 Å². The summed E-state index contributed by atoms with van der Waals surface area (Å²) in [4.78, 5) is 37.2. The van der Waals surface area contributed by atoms with Gasteiger partial charge in [0.25, 0.3) is 0 Å². The molecule has 1 N–H and O–H groups in total. The molecule has 214 valence electrons. The summed E-state index contributed by atoms with van der Waals surface area (Å²) in [5, 5.41) is 6.05. The van der Waals surface area contributed by atoms with Crippen LogP contribution in [0.3, 0.4) is 0 Å². The molecule has 0 aliphatic carbocycles. The molecular formula is C29H33F3N4O3S. The summed E-state index contributed by atoms with van der Waals surface area (Å²) >= 11 is 1.34. The first-order valence-corrected chi connectivity index (χ1v) is 14.7. The minimum atomic E-state index is -4.59. The Hall–Kier alpha value is -3.05. The third-order valence-electron chi connectivity index (χ3n) is 7.99. The summed E-state index contributed by atoms with van der Waals surface area (Å²) in [6, 6.07) is 6.81. The van der Waals surface area contributed by atoms with Crippen LogP contribution in [0.5, 0.6) is 0 Å². The van der Waals surface area contributed by atoms with Gasteiger partial charge in [0.05, 0.1) is 17.3 Å². The maximum atomic E-state index is 14.0. The molecule has 0 unspecified atom stereocenters. The van der Waals surface area contributed by atoms with Crippen LogP contribution >= 0.6 is 11.3 Å². The summed E-state index contributed by atoms with van der Waals surface area (Å²) in [6.45, 7) is 5.42. The van der Waals surface area contributed by atoms with E-state index in [9.17, 15) is 22.8 Å². The van der Waals surface area contributed by atoms with E-state index in [1.807, 2.05) is 13.8 Å². The third kappa shape index (κ3) is 5.85. The lowest BCUT2D eigenvalue weighted by molar-refractivity contribution is -0.141. The number of hydrogen-bond acceptors (Lipinski definition) is 6. The molecule has 3 atom stereocenters. The number of nitrogens with zero attached hydrogens (tertiary/aromatic N) is 3. The van der Waals surface area contributed by atoms with Gasteiger partial charge in [0.15, 0.2) is 0 Å². The van der Waals surface area contributed by atoms with Crippen molar-refractivity contribution in [3.05, 3.63) is 46.4 Å². The Morgan fingerprint density at radius 1 is 1.18 bits per heavy atom. The molecule has 2 fully saturated rings. The Kier molecular flexibility index (Phi) is 8.42. The van der Waals surface area contributed by atoms with Crippen LogP contribution in [0.15, 0.2) is 35.7 Å². The topological polar surface area (TPSA) is 84.4 Å². The molecule has 0 radical (unpaired) electrons. The van der Waals surface area contributed by atoms with Gasteiger partial charge in [0, 0.05) is 42.0 Å². The number of halogens is 3. The number of carbonyl (C=O) groups is 2. The molecule has 2 aliphatic rings. The second kappa shape index (κ2) is 11.8. The van der Waals surface area contributed by atoms with Crippen LogP contribution in [0.2, 0.25) is 0 Å². The number of thiazole rings is 1. The summed E-state index contributed by atoms with van der Waals surface area (Å²) in [5.41, 5.74) is 0.0623. The lowest BCUT2D eigenvalue weighted by atomic mass is 9.90. The van der Waals surface area contributed by atoms with Crippen molar-refractivity contribution in [1.29, 1.82) is 0 Å². The van der Waals surface area contributed by atoms with E-state index in [2.05, 4.69) is 10.3 Å². The van der Waals surface area contributed by atoms with E-state index in [4.69, 9.17) is 9.72 Å². The van der Waals surface area contributed by atoms with Gasteiger partial charge < -0.3 is 15.0 Å². The smallest absolute Gasteiger partial charge is 0.381 e. The van der Waals surface area contributed by atoms with Crippen LogP contribution in [0.25, 0.3) is 22.2 Å². The number of rotatable bonds is 7. The first kappa shape index (κ1) is 28.5. The first-order chi connectivity index (χ1) is 19.2. The maximum absolute atomic E-state index is 14.0. The zero-order chi connectivity index (χ0) is 28.4. The Balaban J connectivity index is 1.44. The highest BCUT2D eigenvalue weighted by Crippen LogP contribution is 2.39. The van der Waals surface area contributed by atoms with Crippen LogP contribution < -0.4 is 5.32 Å². The van der Waals surface area contributed by atoms with Gasteiger partial charge in [-0.15, -0.1) is 11.3 Å². The highest BCUT2D eigenvalue weighted by Gasteiger charge is 2.40. The summed E-state index contributed by atoms with van der Waals surface area (Å²) < 4.78 is 46.4. The second-order valence-corrected chi connectivity index (χ2v) is 11.5. The molecule has 0 saturated carbocycles. The average Bonchev–Trinajstić information content (AvgIpc) is 3.64. The quantitative estimate of drug-likeness (QED) is 0.374. The lowest BCUT2D eigenvalue weighted by Gasteiger charge is -2.35. The zero-order valence-corrected chi connectivity index (χ0v) is 23.4. The molecule has 0 bridgehead atoms. The number of ether oxygens (including phenoxy) is 1. The van der Waals surface area contributed by atoms with Gasteiger partial charge in [0.2, 0.25) is 11.8 Å². The maximum Gasteiger partial charge on any atom is 0.433 e. The molecule has 2 amide bonds. The van der Waals surface area contributed by atoms with E-state index < -0.39 is 17.9 Å². The highest BCUT2D eigenvalue weighted by atomic mass is 32.1. The minimum absolute atomic E-state index is 0.0219. The van der Waals surface area contributed by atoms with Crippen molar-refractivity contribution in [1.82, 2.24) is 20.2 Å². The number of fused-ring (bicyclic) bond motifs is 1. The van der Waals surface area contributed by atoms with Gasteiger partial charge in [-0.1, -0.05) is 32.0 Å². The molecule has 1 aromatic carbocycles. The SMILES string of the molecule is CC[C@@H](C)C(=O)N[C@H](C(=O)N1CCC[C@H]1c1nc(-c2cc(C(F)(F)F)nc3ccccc23)cs1)C1CCOCC1. The first-order valence-electron chi connectivity index (χ1n) is 13.8. The van der Waals surface area contributed by atoms with Gasteiger partial charge in [-0.2, -0.15) is 13.2 Å².